The number of carboxylic acid groups (broad SMARTS) is 1. The van der Waals surface area contributed by atoms with Gasteiger partial charge in [-0.25, -0.2) is 9.97 Å². The largest absolute Gasteiger partial charge is 0.481 e. The Bertz CT molecular complexity index is 546. The fourth-order valence-corrected chi connectivity index (χ4v) is 1.85. The van der Waals surface area contributed by atoms with Crippen LogP contribution in [0.1, 0.15) is 25.1 Å². The molecule has 2 aromatic rings. The van der Waals surface area contributed by atoms with Gasteiger partial charge in [-0.3, -0.25) is 9.20 Å². The number of carboxylic acids is 1. The summed E-state index contributed by atoms with van der Waals surface area (Å²) in [5, 5.41) is 8.74. The summed E-state index contributed by atoms with van der Waals surface area (Å²) >= 11 is 0. The quantitative estimate of drug-likeness (QED) is 0.870. The Kier molecular flexibility index (Phi) is 3.08. The van der Waals surface area contributed by atoms with Gasteiger partial charge in [-0.05, 0) is 12.3 Å². The Labute approximate surface area is 99.1 Å². The van der Waals surface area contributed by atoms with Gasteiger partial charge in [0.15, 0.2) is 0 Å². The molecule has 90 valence electrons. The number of aliphatic carboxylic acids is 1. The van der Waals surface area contributed by atoms with Crippen molar-refractivity contribution >= 4 is 11.6 Å². The van der Waals surface area contributed by atoms with E-state index in [2.05, 4.69) is 23.8 Å². The first kappa shape index (κ1) is 11.6. The SMILES string of the molecule is CC(C)Cc1cncn2cc(CC(=O)O)nc12. The minimum Gasteiger partial charge on any atom is -0.481 e. The summed E-state index contributed by atoms with van der Waals surface area (Å²) < 4.78 is 1.79. The number of nitrogens with zero attached hydrogens (tertiary/aromatic N) is 3. The molecule has 0 spiro atoms. The van der Waals surface area contributed by atoms with Gasteiger partial charge < -0.3 is 5.11 Å². The number of imidazole rings is 1. The van der Waals surface area contributed by atoms with Gasteiger partial charge in [-0.2, -0.15) is 0 Å². The van der Waals surface area contributed by atoms with Crippen molar-refractivity contribution in [3.8, 4) is 0 Å². The molecule has 5 heteroatoms. The van der Waals surface area contributed by atoms with Gasteiger partial charge in [-0.15, -0.1) is 0 Å². The van der Waals surface area contributed by atoms with Crippen molar-refractivity contribution in [3.05, 3.63) is 30.0 Å². The maximum atomic E-state index is 10.6. The normalized spacial score (nSPS) is 11.2. The van der Waals surface area contributed by atoms with E-state index in [9.17, 15) is 4.79 Å². The third-order valence-corrected chi connectivity index (χ3v) is 2.45. The zero-order valence-corrected chi connectivity index (χ0v) is 9.92. The number of aromatic nitrogens is 3. The van der Waals surface area contributed by atoms with E-state index >= 15 is 0 Å². The number of hydrogen-bond acceptors (Lipinski definition) is 3. The zero-order valence-electron chi connectivity index (χ0n) is 9.92. The highest BCUT2D eigenvalue weighted by atomic mass is 16.4. The van der Waals surface area contributed by atoms with E-state index in [0.29, 0.717) is 11.6 Å². The fourth-order valence-electron chi connectivity index (χ4n) is 1.85. The first-order valence-electron chi connectivity index (χ1n) is 5.58. The highest BCUT2D eigenvalue weighted by molar-refractivity contribution is 5.70. The number of hydrogen-bond donors (Lipinski definition) is 1. The zero-order chi connectivity index (χ0) is 12.4. The average molecular weight is 233 g/mol. The lowest BCUT2D eigenvalue weighted by Gasteiger charge is -2.04. The summed E-state index contributed by atoms with van der Waals surface area (Å²) in [4.78, 5) is 19.1. The van der Waals surface area contributed by atoms with Crippen molar-refractivity contribution < 1.29 is 9.90 Å². The second kappa shape index (κ2) is 4.53. The molecule has 0 aliphatic rings. The lowest BCUT2D eigenvalue weighted by atomic mass is 10.1. The molecule has 2 rings (SSSR count). The third-order valence-electron chi connectivity index (χ3n) is 2.45. The van der Waals surface area contributed by atoms with E-state index in [4.69, 9.17) is 5.11 Å². The predicted molar refractivity (Wildman–Crippen MR) is 62.9 cm³/mol. The molecular formula is C12H15N3O2. The molecule has 2 heterocycles. The van der Waals surface area contributed by atoms with Crippen molar-refractivity contribution in [2.45, 2.75) is 26.7 Å². The van der Waals surface area contributed by atoms with Gasteiger partial charge in [0.1, 0.15) is 12.0 Å². The van der Waals surface area contributed by atoms with Gasteiger partial charge in [0.25, 0.3) is 0 Å². The van der Waals surface area contributed by atoms with Crippen molar-refractivity contribution in [1.82, 2.24) is 14.4 Å². The Balaban J connectivity index is 2.41. The van der Waals surface area contributed by atoms with Gasteiger partial charge in [0, 0.05) is 18.0 Å². The summed E-state index contributed by atoms with van der Waals surface area (Å²) in [5.41, 5.74) is 2.43. The highest BCUT2D eigenvalue weighted by Gasteiger charge is 2.10. The molecule has 0 atom stereocenters. The van der Waals surface area contributed by atoms with Crippen molar-refractivity contribution in [1.29, 1.82) is 0 Å². The van der Waals surface area contributed by atoms with Gasteiger partial charge in [0.05, 0.1) is 12.1 Å². The molecule has 17 heavy (non-hydrogen) atoms. The second-order valence-corrected chi connectivity index (χ2v) is 4.55. The third kappa shape index (κ3) is 2.61. The molecule has 2 aromatic heterocycles. The predicted octanol–water partition coefficient (Wildman–Crippen LogP) is 1.55. The first-order valence-corrected chi connectivity index (χ1v) is 5.58. The van der Waals surface area contributed by atoms with E-state index in [1.807, 2.05) is 0 Å². The van der Waals surface area contributed by atoms with Crippen LogP contribution in [0.4, 0.5) is 0 Å². The molecule has 5 nitrogen and oxygen atoms in total. The summed E-state index contributed by atoms with van der Waals surface area (Å²) in [6.45, 7) is 4.26. The van der Waals surface area contributed by atoms with Gasteiger partial charge >= 0.3 is 5.97 Å². The molecule has 1 N–H and O–H groups in total. The average Bonchev–Trinajstić information content (AvgIpc) is 2.59. The van der Waals surface area contributed by atoms with E-state index in [0.717, 1.165) is 17.6 Å². The van der Waals surface area contributed by atoms with E-state index in [1.165, 1.54) is 0 Å². The minimum atomic E-state index is -0.869. The van der Waals surface area contributed by atoms with Crippen LogP contribution in [0.3, 0.4) is 0 Å². The van der Waals surface area contributed by atoms with Crippen LogP contribution in [0, 0.1) is 5.92 Å². The molecule has 0 aliphatic carbocycles. The molecule has 0 saturated heterocycles. The number of carbonyl (C=O) groups is 1. The molecule has 0 radical (unpaired) electrons. The molecule has 0 saturated carbocycles. The Morgan fingerprint density at radius 3 is 2.94 bits per heavy atom. The standard InChI is InChI=1S/C12H15N3O2/c1-8(2)3-9-5-13-7-15-6-10(4-11(16)17)14-12(9)15/h5-8H,3-4H2,1-2H3,(H,16,17). The number of fused-ring (bicyclic) bond motifs is 1. The Morgan fingerprint density at radius 2 is 2.29 bits per heavy atom. The van der Waals surface area contributed by atoms with Crippen LogP contribution in [-0.2, 0) is 17.6 Å². The molecule has 0 fully saturated rings. The van der Waals surface area contributed by atoms with Crippen LogP contribution in [-0.4, -0.2) is 25.4 Å². The summed E-state index contributed by atoms with van der Waals surface area (Å²) in [7, 11) is 0. The summed E-state index contributed by atoms with van der Waals surface area (Å²) in [6.07, 6.45) is 6.01. The fraction of sp³-hybridized carbons (Fsp3) is 0.417. The molecule has 0 unspecified atom stereocenters. The van der Waals surface area contributed by atoms with E-state index < -0.39 is 5.97 Å². The Hall–Kier alpha value is -1.91. The summed E-state index contributed by atoms with van der Waals surface area (Å²) in [5.74, 6) is -0.352. The smallest absolute Gasteiger partial charge is 0.309 e. The van der Waals surface area contributed by atoms with Crippen LogP contribution >= 0.6 is 0 Å². The van der Waals surface area contributed by atoms with Gasteiger partial charge in [0.2, 0.25) is 0 Å². The van der Waals surface area contributed by atoms with Crippen molar-refractivity contribution in [2.24, 2.45) is 5.92 Å². The van der Waals surface area contributed by atoms with Crippen molar-refractivity contribution in [2.75, 3.05) is 0 Å². The van der Waals surface area contributed by atoms with Crippen LogP contribution in [0.5, 0.6) is 0 Å². The van der Waals surface area contributed by atoms with E-state index in [-0.39, 0.29) is 6.42 Å². The maximum Gasteiger partial charge on any atom is 0.309 e. The topological polar surface area (TPSA) is 67.5 Å². The molecule has 0 aliphatic heterocycles. The second-order valence-electron chi connectivity index (χ2n) is 4.55. The monoisotopic (exact) mass is 233 g/mol. The van der Waals surface area contributed by atoms with Crippen molar-refractivity contribution in [3.63, 3.8) is 0 Å². The first-order chi connectivity index (χ1) is 8.06. The van der Waals surface area contributed by atoms with Crippen LogP contribution in [0.15, 0.2) is 18.7 Å². The lowest BCUT2D eigenvalue weighted by molar-refractivity contribution is -0.136. The van der Waals surface area contributed by atoms with Crippen LogP contribution < -0.4 is 0 Å². The molecular weight excluding hydrogens is 218 g/mol. The van der Waals surface area contributed by atoms with Crippen LogP contribution in [0.25, 0.3) is 5.65 Å². The Morgan fingerprint density at radius 1 is 1.53 bits per heavy atom. The number of rotatable bonds is 4. The lowest BCUT2D eigenvalue weighted by Crippen LogP contribution is -2.00. The van der Waals surface area contributed by atoms with E-state index in [1.54, 1.807) is 23.1 Å². The van der Waals surface area contributed by atoms with Gasteiger partial charge in [-0.1, -0.05) is 13.8 Å². The minimum absolute atomic E-state index is 0.0528. The molecule has 0 aromatic carbocycles. The summed E-state index contributed by atoms with van der Waals surface area (Å²) in [6, 6.07) is 0. The molecule has 0 bridgehead atoms. The highest BCUT2D eigenvalue weighted by Crippen LogP contribution is 2.14. The molecule has 0 amide bonds. The maximum absolute atomic E-state index is 10.6. The van der Waals surface area contributed by atoms with Crippen LogP contribution in [0.2, 0.25) is 0 Å².